The summed E-state index contributed by atoms with van der Waals surface area (Å²) in [6.07, 6.45) is 1.67. The second-order valence-corrected chi connectivity index (χ2v) is 8.52. The molecule has 8 heteroatoms. The van der Waals surface area contributed by atoms with Crippen LogP contribution in [0.15, 0.2) is 57.8 Å². The molecule has 0 fully saturated rings. The van der Waals surface area contributed by atoms with Gasteiger partial charge in [0.25, 0.3) is 6.01 Å². The van der Waals surface area contributed by atoms with E-state index in [0.29, 0.717) is 34.5 Å². The predicted molar refractivity (Wildman–Crippen MR) is 126 cm³/mol. The van der Waals surface area contributed by atoms with Crippen molar-refractivity contribution in [2.24, 2.45) is 0 Å². The largest absolute Gasteiger partial charge is 0.612 e. The number of para-hydroxylation sites is 1. The number of hydrogen-bond acceptors (Lipinski definition) is 7. The van der Waals surface area contributed by atoms with Crippen molar-refractivity contribution in [3.05, 3.63) is 54.1 Å². The number of methoxy groups -OCH3 is 3. The first kappa shape index (κ1) is 21.9. The normalized spacial score (nSPS) is 11.9. The molecule has 166 valence electrons. The summed E-state index contributed by atoms with van der Waals surface area (Å²) in [4.78, 5) is 5.38. The minimum absolute atomic E-state index is 0.339. The Morgan fingerprint density at radius 3 is 2.25 bits per heavy atom. The van der Waals surface area contributed by atoms with E-state index in [1.54, 1.807) is 39.7 Å². The number of ether oxygens (including phenoxy) is 3. The molecular weight excluding hydrogens is 428 g/mol. The molecule has 32 heavy (non-hydrogen) atoms. The fraction of sp³-hybridized carbons (Fsp3) is 0.208. The molecule has 0 radical (unpaired) electrons. The lowest BCUT2D eigenvalue weighted by atomic mass is 10.00. The monoisotopic (exact) mass is 452 g/mol. The van der Waals surface area contributed by atoms with Gasteiger partial charge < -0.3 is 28.5 Å². The van der Waals surface area contributed by atoms with Crippen molar-refractivity contribution in [1.29, 1.82) is 0 Å². The van der Waals surface area contributed by atoms with Crippen LogP contribution < -0.4 is 19.5 Å². The molecule has 0 saturated carbocycles. The molecule has 1 N–H and O–H groups in total. The quantitative estimate of drug-likeness (QED) is 0.380. The maximum Gasteiger partial charge on any atom is 0.300 e. The number of anilines is 2. The van der Waals surface area contributed by atoms with Crippen LogP contribution in [-0.2, 0) is 11.2 Å². The van der Waals surface area contributed by atoms with Crippen LogP contribution >= 0.6 is 0 Å². The highest BCUT2D eigenvalue weighted by molar-refractivity contribution is 7.90. The smallest absolute Gasteiger partial charge is 0.300 e. The first-order chi connectivity index (χ1) is 15.4. The average molecular weight is 453 g/mol. The third-order valence-corrected chi connectivity index (χ3v) is 6.07. The van der Waals surface area contributed by atoms with E-state index in [1.165, 1.54) is 0 Å². The van der Waals surface area contributed by atoms with E-state index in [4.69, 9.17) is 18.6 Å². The van der Waals surface area contributed by atoms with Crippen LogP contribution in [0.1, 0.15) is 5.56 Å². The van der Waals surface area contributed by atoms with Gasteiger partial charge in [-0.05, 0) is 53.5 Å². The minimum atomic E-state index is -1.03. The van der Waals surface area contributed by atoms with Gasteiger partial charge in [-0.2, -0.15) is 4.98 Å². The minimum Gasteiger partial charge on any atom is -0.612 e. The first-order valence-corrected chi connectivity index (χ1v) is 11.4. The molecule has 3 aromatic carbocycles. The maximum absolute atomic E-state index is 11.8. The summed E-state index contributed by atoms with van der Waals surface area (Å²) in [6.45, 7) is 2.00. The van der Waals surface area contributed by atoms with Crippen molar-refractivity contribution in [3.8, 4) is 28.4 Å². The van der Waals surface area contributed by atoms with Gasteiger partial charge in [-0.15, -0.1) is 0 Å². The fourth-order valence-electron chi connectivity index (χ4n) is 3.61. The number of aromatic nitrogens is 1. The summed E-state index contributed by atoms with van der Waals surface area (Å²) in [5.74, 6) is 1.55. The number of nitrogens with zero attached hydrogens (tertiary/aromatic N) is 1. The Labute approximate surface area is 189 Å². The van der Waals surface area contributed by atoms with E-state index in [9.17, 15) is 4.55 Å². The Morgan fingerprint density at radius 1 is 0.938 bits per heavy atom. The van der Waals surface area contributed by atoms with Crippen LogP contribution in [0, 0.1) is 6.92 Å². The van der Waals surface area contributed by atoms with Gasteiger partial charge in [0.15, 0.2) is 22.0 Å². The number of rotatable bonds is 7. The molecule has 1 heterocycles. The van der Waals surface area contributed by atoms with Gasteiger partial charge in [-0.1, -0.05) is 12.1 Å². The Hall–Kier alpha value is -3.36. The van der Waals surface area contributed by atoms with Gasteiger partial charge in [0, 0.05) is 23.4 Å². The molecule has 0 bridgehead atoms. The molecule has 0 aliphatic heterocycles. The fourth-order valence-corrected chi connectivity index (χ4v) is 4.21. The van der Waals surface area contributed by atoms with Crippen molar-refractivity contribution >= 4 is 34.0 Å². The predicted octanol–water partition coefficient (Wildman–Crippen LogP) is 5.31. The van der Waals surface area contributed by atoms with Crippen LogP contribution in [0.5, 0.6) is 17.2 Å². The molecule has 4 rings (SSSR count). The highest BCUT2D eigenvalue weighted by atomic mass is 32.2. The summed E-state index contributed by atoms with van der Waals surface area (Å²) in [6, 6.07) is 15.5. The second kappa shape index (κ2) is 9.02. The summed E-state index contributed by atoms with van der Waals surface area (Å²) < 4.78 is 34.1. The number of nitrogens with one attached hydrogen (secondary N) is 1. The van der Waals surface area contributed by atoms with Crippen LogP contribution in [0.2, 0.25) is 0 Å². The van der Waals surface area contributed by atoms with Crippen LogP contribution in [0.4, 0.5) is 11.7 Å². The first-order valence-electron chi connectivity index (χ1n) is 9.86. The van der Waals surface area contributed by atoms with Gasteiger partial charge in [0.2, 0.25) is 5.75 Å². The van der Waals surface area contributed by atoms with Crippen molar-refractivity contribution in [3.63, 3.8) is 0 Å². The van der Waals surface area contributed by atoms with E-state index in [1.807, 2.05) is 43.3 Å². The lowest BCUT2D eigenvalue weighted by Gasteiger charge is -2.14. The topological polar surface area (TPSA) is 88.8 Å². The molecule has 0 aliphatic rings. The molecule has 7 nitrogen and oxygen atoms in total. The van der Waals surface area contributed by atoms with Crippen LogP contribution in [0.3, 0.4) is 0 Å². The molecule has 0 spiro atoms. The lowest BCUT2D eigenvalue weighted by molar-refractivity contribution is 0.324. The van der Waals surface area contributed by atoms with Gasteiger partial charge in [0.05, 0.1) is 21.3 Å². The highest BCUT2D eigenvalue weighted by Gasteiger charge is 2.17. The maximum atomic E-state index is 11.8. The zero-order valence-corrected chi connectivity index (χ0v) is 19.3. The molecular formula is C24H24N2O5S. The van der Waals surface area contributed by atoms with Gasteiger partial charge >= 0.3 is 0 Å². The third kappa shape index (κ3) is 4.06. The van der Waals surface area contributed by atoms with E-state index < -0.39 is 11.2 Å². The number of oxazole rings is 1. The van der Waals surface area contributed by atoms with E-state index in [2.05, 4.69) is 10.3 Å². The van der Waals surface area contributed by atoms with Gasteiger partial charge in [-0.3, -0.25) is 0 Å². The molecule has 0 amide bonds. The Morgan fingerprint density at radius 2 is 1.66 bits per heavy atom. The Kier molecular flexibility index (Phi) is 6.16. The van der Waals surface area contributed by atoms with E-state index in [-0.39, 0.29) is 0 Å². The van der Waals surface area contributed by atoms with Crippen LogP contribution in [0.25, 0.3) is 22.2 Å². The molecule has 0 saturated heterocycles. The SMILES string of the molecule is COc1cc(Nc2nc3cccc(-c4ccc([S+](C)[O-])cc4C)c3o2)cc(OC)c1OC. The van der Waals surface area contributed by atoms with Crippen molar-refractivity contribution in [2.45, 2.75) is 11.8 Å². The summed E-state index contributed by atoms with van der Waals surface area (Å²) in [5.41, 5.74) is 4.99. The van der Waals surface area contributed by atoms with Crippen LogP contribution in [-0.4, -0.2) is 37.1 Å². The van der Waals surface area contributed by atoms with Gasteiger partial charge in [0.1, 0.15) is 11.8 Å². The zero-order chi connectivity index (χ0) is 22.8. The number of aryl methyl sites for hydroxylation is 1. The Balaban J connectivity index is 1.73. The third-order valence-electron chi connectivity index (χ3n) is 5.15. The number of fused-ring (bicyclic) bond motifs is 1. The average Bonchev–Trinajstić information content (AvgIpc) is 3.20. The molecule has 1 aromatic heterocycles. The highest BCUT2D eigenvalue weighted by Crippen LogP contribution is 2.41. The van der Waals surface area contributed by atoms with E-state index in [0.717, 1.165) is 27.1 Å². The standard InChI is InChI=1S/C24H24N2O5S/c1-14-11-16(32(5)27)9-10-17(14)18-7-6-8-19-22(18)31-24(26-19)25-15-12-20(28-2)23(30-4)21(13-15)29-3/h6-13H,1-5H3,(H,25,26). The van der Waals surface area contributed by atoms with Crippen molar-refractivity contribution < 1.29 is 23.2 Å². The van der Waals surface area contributed by atoms with E-state index >= 15 is 0 Å². The molecule has 4 aromatic rings. The summed E-state index contributed by atoms with van der Waals surface area (Å²) >= 11 is -1.03. The lowest BCUT2D eigenvalue weighted by Crippen LogP contribution is -1.98. The molecule has 1 atom stereocenters. The zero-order valence-electron chi connectivity index (χ0n) is 18.5. The number of benzene rings is 3. The molecule has 1 unspecified atom stereocenters. The van der Waals surface area contributed by atoms with Crippen molar-refractivity contribution in [2.75, 3.05) is 32.9 Å². The van der Waals surface area contributed by atoms with Gasteiger partial charge in [-0.25, -0.2) is 0 Å². The number of hydrogen-bond donors (Lipinski definition) is 1. The molecule has 0 aliphatic carbocycles. The Bertz CT molecular complexity index is 1240. The van der Waals surface area contributed by atoms with Crippen molar-refractivity contribution in [1.82, 2.24) is 4.98 Å². The summed E-state index contributed by atoms with van der Waals surface area (Å²) in [7, 11) is 4.69. The second-order valence-electron chi connectivity index (χ2n) is 7.14. The summed E-state index contributed by atoms with van der Waals surface area (Å²) in [5, 5.41) is 3.18.